The maximum Gasteiger partial charge on any atom is 0.309 e. The van der Waals surface area contributed by atoms with E-state index in [9.17, 15) is 4.79 Å². The van der Waals surface area contributed by atoms with Crippen molar-refractivity contribution in [2.75, 3.05) is 6.61 Å². The average Bonchev–Trinajstić information content (AvgIpc) is 2.01. The van der Waals surface area contributed by atoms with E-state index < -0.39 is 0 Å². The fourth-order valence-electron chi connectivity index (χ4n) is 0.796. The highest BCUT2D eigenvalue weighted by Crippen LogP contribution is 2.26. The summed E-state index contributed by atoms with van der Waals surface area (Å²) in [7, 11) is 0. The lowest BCUT2D eigenvalue weighted by molar-refractivity contribution is -0.151. The van der Waals surface area contributed by atoms with E-state index in [2.05, 4.69) is 27.7 Å². The molecule has 0 N–H and O–H groups in total. The molecule has 0 aliphatic carbocycles. The molecular weight excluding hydrogens is 164 g/mol. The zero-order valence-electron chi connectivity index (χ0n) is 9.52. The molecule has 0 radical (unpaired) electrons. The van der Waals surface area contributed by atoms with Crippen molar-refractivity contribution >= 4 is 5.97 Å². The Hall–Kier alpha value is -0.530. The predicted octanol–water partition coefficient (Wildman–Crippen LogP) is 3.01. The van der Waals surface area contributed by atoms with Gasteiger partial charge in [-0.1, -0.05) is 41.0 Å². The third-order valence-electron chi connectivity index (χ3n) is 2.39. The van der Waals surface area contributed by atoms with Crippen LogP contribution in [0.2, 0.25) is 0 Å². The van der Waals surface area contributed by atoms with Crippen LogP contribution in [0.5, 0.6) is 0 Å². The Morgan fingerprint density at radius 3 is 2.31 bits per heavy atom. The molecule has 13 heavy (non-hydrogen) atoms. The lowest BCUT2D eigenvalue weighted by atomic mass is 9.82. The van der Waals surface area contributed by atoms with Crippen molar-refractivity contribution in [3.63, 3.8) is 0 Å². The molecule has 78 valence electrons. The van der Waals surface area contributed by atoms with Crippen molar-refractivity contribution < 1.29 is 9.53 Å². The lowest BCUT2D eigenvalue weighted by Crippen LogP contribution is -2.27. The Bertz CT molecular complexity index is 156. The van der Waals surface area contributed by atoms with Crippen molar-refractivity contribution in [2.45, 2.75) is 47.5 Å². The van der Waals surface area contributed by atoms with E-state index in [1.54, 1.807) is 0 Å². The van der Waals surface area contributed by atoms with E-state index in [0.29, 0.717) is 6.61 Å². The summed E-state index contributed by atoms with van der Waals surface area (Å²) in [6, 6.07) is 0. The molecule has 0 aliphatic rings. The summed E-state index contributed by atoms with van der Waals surface area (Å²) in [5.41, 5.74) is 0.00327. The van der Waals surface area contributed by atoms with E-state index >= 15 is 0 Å². The Kier molecular flexibility index (Phi) is 5.04. The largest absolute Gasteiger partial charge is 0.465 e. The topological polar surface area (TPSA) is 26.3 Å². The molecule has 0 saturated heterocycles. The molecule has 0 spiro atoms. The maximum absolute atomic E-state index is 11.4. The second-order valence-corrected chi connectivity index (χ2v) is 4.61. The van der Waals surface area contributed by atoms with Gasteiger partial charge in [0.25, 0.3) is 0 Å². The fourth-order valence-corrected chi connectivity index (χ4v) is 0.796. The molecule has 0 unspecified atom stereocenters. The molecule has 0 aromatic heterocycles. The summed E-state index contributed by atoms with van der Waals surface area (Å²) in [6.07, 6.45) is 2.03. The van der Waals surface area contributed by atoms with Crippen molar-refractivity contribution in [1.82, 2.24) is 0 Å². The number of carbonyl (C=O) groups excluding carboxylic acids is 1. The predicted molar refractivity (Wildman–Crippen MR) is 54.5 cm³/mol. The van der Waals surface area contributed by atoms with Crippen molar-refractivity contribution in [3.05, 3.63) is 0 Å². The van der Waals surface area contributed by atoms with Gasteiger partial charge in [0, 0.05) is 0 Å². The third-order valence-corrected chi connectivity index (χ3v) is 2.39. The van der Waals surface area contributed by atoms with E-state index in [1.165, 1.54) is 0 Å². The minimum absolute atomic E-state index is 0.00327. The molecule has 0 aromatic rings. The standard InChI is InChI=1S/C11H22O2/c1-6-7-8-13-10(12)9(2)11(3,4)5/h9H,6-8H2,1-5H3/t9-/m1/s1. The van der Waals surface area contributed by atoms with Crippen LogP contribution < -0.4 is 0 Å². The minimum Gasteiger partial charge on any atom is -0.465 e. The Morgan fingerprint density at radius 1 is 1.38 bits per heavy atom. The SMILES string of the molecule is CCCCOC(=O)[C@@H](C)C(C)(C)C. The molecule has 0 heterocycles. The van der Waals surface area contributed by atoms with Crippen LogP contribution in [0.25, 0.3) is 0 Å². The molecule has 0 amide bonds. The van der Waals surface area contributed by atoms with Gasteiger partial charge in [-0.2, -0.15) is 0 Å². The summed E-state index contributed by atoms with van der Waals surface area (Å²) < 4.78 is 5.13. The second-order valence-electron chi connectivity index (χ2n) is 4.61. The first-order chi connectivity index (χ1) is 5.89. The second kappa shape index (κ2) is 5.25. The Balaban J connectivity index is 3.84. The average molecular weight is 186 g/mol. The lowest BCUT2D eigenvalue weighted by Gasteiger charge is -2.25. The molecule has 0 aromatic carbocycles. The van der Waals surface area contributed by atoms with Gasteiger partial charge in [-0.15, -0.1) is 0 Å². The van der Waals surface area contributed by atoms with Gasteiger partial charge in [0.15, 0.2) is 0 Å². The Labute approximate surface area is 81.7 Å². The molecule has 0 rings (SSSR count). The first kappa shape index (κ1) is 12.5. The van der Waals surface area contributed by atoms with Gasteiger partial charge in [0.2, 0.25) is 0 Å². The smallest absolute Gasteiger partial charge is 0.309 e. The number of ether oxygens (including phenoxy) is 1. The van der Waals surface area contributed by atoms with Gasteiger partial charge in [-0.3, -0.25) is 4.79 Å². The molecule has 2 heteroatoms. The zero-order valence-corrected chi connectivity index (χ0v) is 9.52. The van der Waals surface area contributed by atoms with Gasteiger partial charge in [-0.05, 0) is 11.8 Å². The van der Waals surface area contributed by atoms with Crippen molar-refractivity contribution in [2.24, 2.45) is 11.3 Å². The van der Waals surface area contributed by atoms with E-state index in [-0.39, 0.29) is 17.3 Å². The summed E-state index contributed by atoms with van der Waals surface area (Å²) in [4.78, 5) is 11.4. The number of rotatable bonds is 4. The van der Waals surface area contributed by atoms with Gasteiger partial charge in [0.1, 0.15) is 0 Å². The summed E-state index contributed by atoms with van der Waals surface area (Å²) >= 11 is 0. The first-order valence-electron chi connectivity index (χ1n) is 5.06. The van der Waals surface area contributed by atoms with Crippen molar-refractivity contribution in [3.8, 4) is 0 Å². The summed E-state index contributed by atoms with van der Waals surface area (Å²) in [5.74, 6) is -0.0923. The number of hydrogen-bond acceptors (Lipinski definition) is 2. The van der Waals surface area contributed by atoms with Crippen LogP contribution in [0.15, 0.2) is 0 Å². The molecular formula is C11H22O2. The van der Waals surface area contributed by atoms with Gasteiger partial charge >= 0.3 is 5.97 Å². The van der Waals surface area contributed by atoms with Crippen LogP contribution in [0.1, 0.15) is 47.5 Å². The third kappa shape index (κ3) is 4.91. The molecule has 2 nitrogen and oxygen atoms in total. The summed E-state index contributed by atoms with van der Waals surface area (Å²) in [5, 5.41) is 0. The van der Waals surface area contributed by atoms with Crippen LogP contribution in [0.3, 0.4) is 0 Å². The normalized spacial score (nSPS) is 13.9. The molecule has 0 saturated carbocycles. The highest BCUT2D eigenvalue weighted by atomic mass is 16.5. The number of unbranched alkanes of at least 4 members (excludes halogenated alkanes) is 1. The van der Waals surface area contributed by atoms with E-state index in [0.717, 1.165) is 12.8 Å². The highest BCUT2D eigenvalue weighted by Gasteiger charge is 2.27. The maximum atomic E-state index is 11.4. The molecule has 0 aliphatic heterocycles. The Morgan fingerprint density at radius 2 is 1.92 bits per heavy atom. The highest BCUT2D eigenvalue weighted by molar-refractivity contribution is 5.72. The number of hydrogen-bond donors (Lipinski definition) is 0. The monoisotopic (exact) mass is 186 g/mol. The fraction of sp³-hybridized carbons (Fsp3) is 0.909. The minimum atomic E-state index is -0.0686. The first-order valence-corrected chi connectivity index (χ1v) is 5.06. The van der Waals surface area contributed by atoms with E-state index in [1.807, 2.05) is 6.92 Å². The van der Waals surface area contributed by atoms with Gasteiger partial charge in [-0.25, -0.2) is 0 Å². The van der Waals surface area contributed by atoms with Crippen molar-refractivity contribution in [1.29, 1.82) is 0 Å². The zero-order chi connectivity index (χ0) is 10.5. The van der Waals surface area contributed by atoms with Crippen LogP contribution in [-0.4, -0.2) is 12.6 Å². The van der Waals surface area contributed by atoms with Crippen LogP contribution in [0.4, 0.5) is 0 Å². The summed E-state index contributed by atoms with van der Waals surface area (Å²) in [6.45, 7) is 10.7. The molecule has 0 bridgehead atoms. The molecule has 0 fully saturated rings. The molecule has 1 atom stereocenters. The van der Waals surface area contributed by atoms with Crippen LogP contribution >= 0.6 is 0 Å². The van der Waals surface area contributed by atoms with E-state index in [4.69, 9.17) is 4.74 Å². The number of carbonyl (C=O) groups is 1. The quantitative estimate of drug-likeness (QED) is 0.498. The van der Waals surface area contributed by atoms with Gasteiger partial charge in [0.05, 0.1) is 12.5 Å². The van der Waals surface area contributed by atoms with Gasteiger partial charge < -0.3 is 4.74 Å². The van der Waals surface area contributed by atoms with Crippen LogP contribution in [0, 0.1) is 11.3 Å². The number of esters is 1. The van der Waals surface area contributed by atoms with Crippen LogP contribution in [-0.2, 0) is 9.53 Å².